The summed E-state index contributed by atoms with van der Waals surface area (Å²) in [7, 11) is 0. The number of hydrogen-bond donors (Lipinski definition) is 2. The van der Waals surface area contributed by atoms with Crippen LogP contribution in [0.5, 0.6) is 5.75 Å². The molecule has 140 valence electrons. The van der Waals surface area contributed by atoms with Gasteiger partial charge in [0.05, 0.1) is 13.2 Å². The predicted molar refractivity (Wildman–Crippen MR) is 107 cm³/mol. The highest BCUT2D eigenvalue weighted by Crippen LogP contribution is 2.50. The molecule has 4 nitrogen and oxygen atoms in total. The Balaban J connectivity index is 1.80. The number of aliphatic hydroxyl groups excluding tert-OH is 2. The van der Waals surface area contributed by atoms with Gasteiger partial charge in [-0.3, -0.25) is 4.79 Å². The van der Waals surface area contributed by atoms with Crippen molar-refractivity contribution in [1.29, 1.82) is 0 Å². The minimum Gasteiger partial charge on any atom is -0.486 e. The fourth-order valence-corrected chi connectivity index (χ4v) is 4.53. The van der Waals surface area contributed by atoms with E-state index in [1.807, 2.05) is 18.2 Å². The first kappa shape index (κ1) is 18.4. The van der Waals surface area contributed by atoms with Crippen LogP contribution in [0.3, 0.4) is 0 Å². The number of allylic oxidation sites excluding steroid dienone is 2. The first-order valence-corrected chi connectivity index (χ1v) is 9.76. The molecule has 2 N–H and O–H groups in total. The molecule has 0 spiro atoms. The number of hydrogen-bond acceptors (Lipinski definition) is 4. The number of carbonyl (C=O) groups is 1. The topological polar surface area (TPSA) is 66.8 Å². The molecule has 0 radical (unpaired) electrons. The monoisotopic (exact) mass is 428 g/mol. The Hall–Kier alpha value is -1.95. The Bertz CT molecular complexity index is 970. The molecule has 0 saturated carbocycles. The van der Waals surface area contributed by atoms with Gasteiger partial charge in [0.25, 0.3) is 0 Å². The second-order valence-corrected chi connectivity index (χ2v) is 8.51. The Labute approximate surface area is 166 Å². The standard InChI is InChI=1S/C22H21BrO4/c1-22(2)18-9-14(27-15(10-24)11-25)4-6-17(18)21(26)20-16-5-3-13(23)7-12(16)8-19(20)22/h3-7,9,15,24-25H,8,10-11H2,1-2H3. The van der Waals surface area contributed by atoms with Crippen molar-refractivity contribution in [3.63, 3.8) is 0 Å². The van der Waals surface area contributed by atoms with Gasteiger partial charge in [0.15, 0.2) is 5.78 Å². The summed E-state index contributed by atoms with van der Waals surface area (Å²) < 4.78 is 6.68. The van der Waals surface area contributed by atoms with E-state index in [1.54, 1.807) is 12.1 Å². The summed E-state index contributed by atoms with van der Waals surface area (Å²) in [5, 5.41) is 18.5. The second-order valence-electron chi connectivity index (χ2n) is 7.60. The van der Waals surface area contributed by atoms with Crippen molar-refractivity contribution < 1.29 is 19.7 Å². The zero-order chi connectivity index (χ0) is 19.3. The number of halogens is 1. The van der Waals surface area contributed by atoms with Crippen LogP contribution in [-0.4, -0.2) is 35.3 Å². The molecule has 5 heteroatoms. The first-order valence-electron chi connectivity index (χ1n) is 8.97. The van der Waals surface area contributed by atoms with Crippen LogP contribution in [-0.2, 0) is 11.8 Å². The smallest absolute Gasteiger partial charge is 0.193 e. The van der Waals surface area contributed by atoms with E-state index < -0.39 is 6.10 Å². The molecule has 2 aromatic carbocycles. The first-order chi connectivity index (χ1) is 12.9. The molecular formula is C22H21BrO4. The third-order valence-electron chi connectivity index (χ3n) is 5.61. The Kier molecular flexibility index (Phi) is 4.49. The highest BCUT2D eigenvalue weighted by Gasteiger charge is 2.42. The van der Waals surface area contributed by atoms with Crippen LogP contribution in [0.25, 0.3) is 5.57 Å². The van der Waals surface area contributed by atoms with Gasteiger partial charge in [0.2, 0.25) is 0 Å². The normalized spacial score (nSPS) is 17.0. The third kappa shape index (κ3) is 2.85. The molecule has 0 fully saturated rings. The lowest BCUT2D eigenvalue weighted by Gasteiger charge is -2.34. The summed E-state index contributed by atoms with van der Waals surface area (Å²) in [5.41, 5.74) is 5.44. The predicted octanol–water partition coefficient (Wildman–Crippen LogP) is 3.66. The van der Waals surface area contributed by atoms with E-state index >= 15 is 0 Å². The molecule has 27 heavy (non-hydrogen) atoms. The van der Waals surface area contributed by atoms with Crippen molar-refractivity contribution in [3.8, 4) is 5.75 Å². The number of fused-ring (bicyclic) bond motifs is 3. The maximum Gasteiger partial charge on any atom is 0.193 e. The van der Waals surface area contributed by atoms with E-state index in [1.165, 1.54) is 5.56 Å². The minimum absolute atomic E-state index is 0.0489. The van der Waals surface area contributed by atoms with Gasteiger partial charge in [-0.25, -0.2) is 0 Å². The number of carbonyl (C=O) groups excluding carboxylic acids is 1. The fraction of sp³-hybridized carbons (Fsp3) is 0.318. The number of Topliss-reactive ketones (excluding diaryl/α,β-unsaturated/α-hetero) is 1. The van der Waals surface area contributed by atoms with E-state index in [-0.39, 0.29) is 24.4 Å². The number of aliphatic hydroxyl groups is 2. The van der Waals surface area contributed by atoms with Gasteiger partial charge in [-0.1, -0.05) is 35.8 Å². The molecule has 2 aliphatic rings. The van der Waals surface area contributed by atoms with E-state index in [9.17, 15) is 15.0 Å². The summed E-state index contributed by atoms with van der Waals surface area (Å²) in [5.74, 6) is 0.595. The molecule has 0 heterocycles. The zero-order valence-electron chi connectivity index (χ0n) is 15.3. The minimum atomic E-state index is -0.673. The molecule has 2 aromatic rings. The van der Waals surface area contributed by atoms with Gasteiger partial charge in [-0.2, -0.15) is 0 Å². The molecular weight excluding hydrogens is 408 g/mol. The van der Waals surface area contributed by atoms with E-state index in [4.69, 9.17) is 4.74 Å². The van der Waals surface area contributed by atoms with Gasteiger partial charge in [0, 0.05) is 21.0 Å². The summed E-state index contributed by atoms with van der Waals surface area (Å²) in [6.07, 6.45) is 0.0804. The highest BCUT2D eigenvalue weighted by molar-refractivity contribution is 9.10. The molecule has 0 saturated heterocycles. The molecule has 2 aliphatic carbocycles. The van der Waals surface area contributed by atoms with E-state index in [0.29, 0.717) is 11.3 Å². The van der Waals surface area contributed by atoms with Gasteiger partial charge in [-0.15, -0.1) is 0 Å². The molecule has 0 aliphatic heterocycles. The van der Waals surface area contributed by atoms with Crippen molar-refractivity contribution in [1.82, 2.24) is 0 Å². The maximum atomic E-state index is 13.3. The molecule has 0 unspecified atom stereocenters. The van der Waals surface area contributed by atoms with Crippen LogP contribution in [0, 0.1) is 0 Å². The number of ether oxygens (including phenoxy) is 1. The van der Waals surface area contributed by atoms with Crippen molar-refractivity contribution in [2.24, 2.45) is 0 Å². The number of rotatable bonds is 4. The largest absolute Gasteiger partial charge is 0.486 e. The molecule has 0 amide bonds. The summed E-state index contributed by atoms with van der Waals surface area (Å²) in [6.45, 7) is 3.73. The van der Waals surface area contributed by atoms with Gasteiger partial charge in [0.1, 0.15) is 11.9 Å². The average molecular weight is 429 g/mol. The lowest BCUT2D eigenvalue weighted by molar-refractivity contribution is 0.0628. The van der Waals surface area contributed by atoms with Crippen LogP contribution in [0.2, 0.25) is 0 Å². The third-order valence-corrected chi connectivity index (χ3v) is 6.10. The van der Waals surface area contributed by atoms with Crippen LogP contribution < -0.4 is 4.74 Å². The van der Waals surface area contributed by atoms with Crippen molar-refractivity contribution in [2.75, 3.05) is 13.2 Å². The number of ketones is 1. The summed E-state index contributed by atoms with van der Waals surface area (Å²) in [6, 6.07) is 11.5. The summed E-state index contributed by atoms with van der Waals surface area (Å²) >= 11 is 3.52. The zero-order valence-corrected chi connectivity index (χ0v) is 16.8. The van der Waals surface area contributed by atoms with E-state index in [0.717, 1.165) is 33.2 Å². The van der Waals surface area contributed by atoms with Crippen molar-refractivity contribution >= 4 is 27.3 Å². The average Bonchev–Trinajstić information content (AvgIpc) is 3.04. The lowest BCUT2D eigenvalue weighted by Crippen LogP contribution is -2.30. The molecule has 0 aromatic heterocycles. The van der Waals surface area contributed by atoms with Crippen molar-refractivity contribution in [3.05, 3.63) is 68.7 Å². The quantitative estimate of drug-likeness (QED) is 0.779. The lowest BCUT2D eigenvalue weighted by atomic mass is 9.68. The van der Waals surface area contributed by atoms with Gasteiger partial charge >= 0.3 is 0 Å². The maximum absolute atomic E-state index is 13.3. The van der Waals surface area contributed by atoms with Gasteiger partial charge in [-0.05, 0) is 59.0 Å². The van der Waals surface area contributed by atoms with Crippen LogP contribution in [0.15, 0.2) is 46.4 Å². The van der Waals surface area contributed by atoms with Crippen LogP contribution in [0.4, 0.5) is 0 Å². The number of benzene rings is 2. The fourth-order valence-electron chi connectivity index (χ4n) is 4.12. The molecule has 4 rings (SSSR count). The highest BCUT2D eigenvalue weighted by atomic mass is 79.9. The van der Waals surface area contributed by atoms with E-state index in [2.05, 4.69) is 35.8 Å². The Morgan fingerprint density at radius 1 is 1.11 bits per heavy atom. The SMILES string of the molecule is CC1(C)C2=C(C(=O)c3ccc(OC(CO)CO)cc31)c1ccc(Br)cc1C2. The van der Waals surface area contributed by atoms with Gasteiger partial charge < -0.3 is 14.9 Å². The van der Waals surface area contributed by atoms with Crippen LogP contribution in [0.1, 0.15) is 40.9 Å². The molecule has 0 bridgehead atoms. The molecule has 0 atom stereocenters. The Morgan fingerprint density at radius 2 is 1.81 bits per heavy atom. The summed E-state index contributed by atoms with van der Waals surface area (Å²) in [4.78, 5) is 13.3. The second kappa shape index (κ2) is 6.59. The van der Waals surface area contributed by atoms with Crippen molar-refractivity contribution in [2.45, 2.75) is 31.8 Å². The van der Waals surface area contributed by atoms with Crippen LogP contribution >= 0.6 is 15.9 Å². The Morgan fingerprint density at radius 3 is 2.52 bits per heavy atom.